The van der Waals surface area contributed by atoms with Crippen LogP contribution in [-0.2, 0) is 30.7 Å². The fourth-order valence-corrected chi connectivity index (χ4v) is 4.68. The third-order valence-corrected chi connectivity index (χ3v) is 6.04. The van der Waals surface area contributed by atoms with Gasteiger partial charge in [0.05, 0.1) is 36.7 Å². The standard InChI is InChI=1S/C16H16N2O5S/c1-22-15(19)13-8-16(23-9-13)10-18(11-16)24(20,21)14-5-3-2-4-12(14)6-7-17/h2-5,8H,6,9-11H2,1H3. The summed E-state index contributed by atoms with van der Waals surface area (Å²) in [4.78, 5) is 11.7. The normalized spacial score (nSPS) is 19.4. The molecule has 1 saturated heterocycles. The summed E-state index contributed by atoms with van der Waals surface area (Å²) in [7, 11) is -2.42. The van der Waals surface area contributed by atoms with Crippen molar-refractivity contribution in [3.8, 4) is 6.07 Å². The minimum absolute atomic E-state index is 0.0251. The van der Waals surface area contributed by atoms with Crippen LogP contribution in [0.3, 0.4) is 0 Å². The van der Waals surface area contributed by atoms with Crippen LogP contribution in [0.25, 0.3) is 0 Å². The molecule has 126 valence electrons. The van der Waals surface area contributed by atoms with Gasteiger partial charge in [-0.15, -0.1) is 0 Å². The Bertz CT molecular complexity index is 847. The van der Waals surface area contributed by atoms with Crippen molar-refractivity contribution in [2.75, 3.05) is 26.8 Å². The van der Waals surface area contributed by atoms with E-state index in [9.17, 15) is 13.2 Å². The highest BCUT2D eigenvalue weighted by atomic mass is 32.2. The number of hydrogen-bond donors (Lipinski definition) is 0. The van der Waals surface area contributed by atoms with Crippen LogP contribution in [-0.4, -0.2) is 51.1 Å². The first-order chi connectivity index (χ1) is 11.4. The molecule has 0 N–H and O–H groups in total. The molecule has 1 fully saturated rings. The minimum atomic E-state index is -3.71. The summed E-state index contributed by atoms with van der Waals surface area (Å²) in [6, 6.07) is 8.44. The Morgan fingerprint density at radius 1 is 1.42 bits per heavy atom. The van der Waals surface area contributed by atoms with Gasteiger partial charge in [0.15, 0.2) is 0 Å². The molecule has 8 heteroatoms. The van der Waals surface area contributed by atoms with Crippen molar-refractivity contribution in [2.24, 2.45) is 0 Å². The van der Waals surface area contributed by atoms with Crippen LogP contribution < -0.4 is 0 Å². The number of benzene rings is 1. The van der Waals surface area contributed by atoms with Crippen molar-refractivity contribution in [1.82, 2.24) is 4.31 Å². The average Bonchev–Trinajstić information content (AvgIpc) is 2.99. The summed E-state index contributed by atoms with van der Waals surface area (Å²) in [5.41, 5.74) is 0.110. The number of esters is 1. The third kappa shape index (κ3) is 2.71. The van der Waals surface area contributed by atoms with Crippen LogP contribution in [0.1, 0.15) is 5.56 Å². The summed E-state index contributed by atoms with van der Waals surface area (Å²) in [5.74, 6) is -0.465. The van der Waals surface area contributed by atoms with Gasteiger partial charge in [-0.1, -0.05) is 18.2 Å². The molecule has 0 saturated carbocycles. The average molecular weight is 348 g/mol. The van der Waals surface area contributed by atoms with E-state index in [1.54, 1.807) is 24.3 Å². The number of sulfonamides is 1. The predicted octanol–water partition coefficient (Wildman–Crippen LogP) is 0.625. The Hall–Kier alpha value is -2.21. The molecule has 2 heterocycles. The Balaban J connectivity index is 1.80. The predicted molar refractivity (Wildman–Crippen MR) is 83.3 cm³/mol. The molecule has 1 aromatic carbocycles. The zero-order valence-corrected chi connectivity index (χ0v) is 13.9. The lowest BCUT2D eigenvalue weighted by atomic mass is 9.96. The van der Waals surface area contributed by atoms with Gasteiger partial charge in [0.1, 0.15) is 5.60 Å². The Morgan fingerprint density at radius 2 is 2.12 bits per heavy atom. The lowest BCUT2D eigenvalue weighted by Gasteiger charge is -2.44. The van der Waals surface area contributed by atoms with Crippen molar-refractivity contribution >= 4 is 16.0 Å². The van der Waals surface area contributed by atoms with Crippen LogP contribution in [0.15, 0.2) is 40.8 Å². The van der Waals surface area contributed by atoms with E-state index >= 15 is 0 Å². The number of methoxy groups -OCH3 is 1. The number of nitrogens with zero attached hydrogens (tertiary/aromatic N) is 2. The molecule has 0 atom stereocenters. The lowest BCUT2D eigenvalue weighted by molar-refractivity contribution is -0.136. The van der Waals surface area contributed by atoms with E-state index in [0.29, 0.717) is 11.1 Å². The molecule has 0 aliphatic carbocycles. The van der Waals surface area contributed by atoms with Gasteiger partial charge in [-0.05, 0) is 17.7 Å². The van der Waals surface area contributed by atoms with Crippen molar-refractivity contribution in [1.29, 1.82) is 5.26 Å². The summed E-state index contributed by atoms with van der Waals surface area (Å²) >= 11 is 0. The highest BCUT2D eigenvalue weighted by Gasteiger charge is 2.51. The van der Waals surface area contributed by atoms with Gasteiger partial charge in [0.25, 0.3) is 0 Å². The Morgan fingerprint density at radius 3 is 2.79 bits per heavy atom. The molecular formula is C16H16N2O5S. The first-order valence-electron chi connectivity index (χ1n) is 7.31. The van der Waals surface area contributed by atoms with Gasteiger partial charge in [0.2, 0.25) is 10.0 Å². The van der Waals surface area contributed by atoms with Crippen molar-refractivity contribution in [3.63, 3.8) is 0 Å². The number of nitriles is 1. The van der Waals surface area contributed by atoms with Crippen LogP contribution in [0.4, 0.5) is 0 Å². The summed E-state index contributed by atoms with van der Waals surface area (Å²) < 4.78 is 37.1. The summed E-state index contributed by atoms with van der Waals surface area (Å²) in [6.07, 6.45) is 1.67. The zero-order chi connectivity index (χ0) is 17.4. The molecule has 0 amide bonds. The molecule has 2 aliphatic heterocycles. The Labute approximate surface area is 140 Å². The maximum absolute atomic E-state index is 12.8. The van der Waals surface area contributed by atoms with Gasteiger partial charge in [-0.2, -0.15) is 9.57 Å². The molecule has 1 aromatic rings. The van der Waals surface area contributed by atoms with E-state index in [1.807, 2.05) is 6.07 Å². The number of rotatable bonds is 4. The van der Waals surface area contributed by atoms with E-state index in [1.165, 1.54) is 17.5 Å². The molecule has 0 bridgehead atoms. The highest BCUT2D eigenvalue weighted by Crippen LogP contribution is 2.37. The molecule has 0 radical (unpaired) electrons. The number of hydrogen-bond acceptors (Lipinski definition) is 6. The largest absolute Gasteiger partial charge is 0.466 e. The van der Waals surface area contributed by atoms with Crippen molar-refractivity contribution in [3.05, 3.63) is 41.5 Å². The first kappa shape index (κ1) is 16.6. The molecule has 1 spiro atoms. The molecule has 0 unspecified atom stereocenters. The second kappa shape index (κ2) is 6.02. The second-order valence-electron chi connectivity index (χ2n) is 5.73. The smallest absolute Gasteiger partial charge is 0.335 e. The highest BCUT2D eigenvalue weighted by molar-refractivity contribution is 7.89. The minimum Gasteiger partial charge on any atom is -0.466 e. The van der Waals surface area contributed by atoms with E-state index in [-0.39, 0.29) is 31.0 Å². The van der Waals surface area contributed by atoms with Gasteiger partial charge in [-0.3, -0.25) is 0 Å². The summed E-state index contributed by atoms with van der Waals surface area (Å²) in [5, 5.41) is 8.86. The number of carbonyl (C=O) groups is 1. The van der Waals surface area contributed by atoms with Crippen LogP contribution >= 0.6 is 0 Å². The zero-order valence-electron chi connectivity index (χ0n) is 13.1. The van der Waals surface area contributed by atoms with E-state index in [4.69, 9.17) is 10.00 Å². The molecule has 24 heavy (non-hydrogen) atoms. The van der Waals surface area contributed by atoms with E-state index < -0.39 is 21.6 Å². The van der Waals surface area contributed by atoms with Crippen molar-refractivity contribution in [2.45, 2.75) is 16.9 Å². The number of ether oxygens (including phenoxy) is 2. The topological polar surface area (TPSA) is 96.7 Å². The monoisotopic (exact) mass is 348 g/mol. The molecular weight excluding hydrogens is 332 g/mol. The molecule has 7 nitrogen and oxygen atoms in total. The molecule has 0 aromatic heterocycles. The van der Waals surface area contributed by atoms with Crippen LogP contribution in [0, 0.1) is 11.3 Å². The fourth-order valence-electron chi connectivity index (χ4n) is 2.90. The summed E-state index contributed by atoms with van der Waals surface area (Å²) in [6.45, 7) is 0.388. The van der Waals surface area contributed by atoms with Gasteiger partial charge < -0.3 is 9.47 Å². The van der Waals surface area contributed by atoms with E-state index in [2.05, 4.69) is 4.74 Å². The number of carbonyl (C=O) groups excluding carboxylic acids is 1. The first-order valence-corrected chi connectivity index (χ1v) is 8.75. The molecule has 2 aliphatic rings. The Kier molecular flexibility index (Phi) is 4.17. The maximum Gasteiger partial charge on any atom is 0.335 e. The van der Waals surface area contributed by atoms with Gasteiger partial charge >= 0.3 is 5.97 Å². The maximum atomic E-state index is 12.8. The second-order valence-corrected chi connectivity index (χ2v) is 7.64. The van der Waals surface area contributed by atoms with Crippen molar-refractivity contribution < 1.29 is 22.7 Å². The lowest BCUT2D eigenvalue weighted by Crippen LogP contribution is -2.62. The van der Waals surface area contributed by atoms with E-state index in [0.717, 1.165) is 0 Å². The van der Waals surface area contributed by atoms with Crippen LogP contribution in [0.5, 0.6) is 0 Å². The van der Waals surface area contributed by atoms with Gasteiger partial charge in [-0.25, -0.2) is 13.2 Å². The molecule has 3 rings (SSSR count). The third-order valence-electron chi connectivity index (χ3n) is 4.15. The van der Waals surface area contributed by atoms with Gasteiger partial charge in [0, 0.05) is 13.1 Å². The van der Waals surface area contributed by atoms with Crippen LogP contribution in [0.2, 0.25) is 0 Å². The SMILES string of the molecule is COC(=O)C1=CC2(CN(S(=O)(=O)c3ccccc3CC#N)C2)OC1. The fraction of sp³-hybridized carbons (Fsp3) is 0.375. The quantitative estimate of drug-likeness (QED) is 0.740.